The Balaban J connectivity index is 1.44. The molecule has 2 aromatic heterocycles. The molecular weight excluding hydrogens is 366 g/mol. The van der Waals surface area contributed by atoms with Crippen LogP contribution in [0.15, 0.2) is 71.7 Å². The van der Waals surface area contributed by atoms with Gasteiger partial charge in [0.2, 0.25) is 5.91 Å². The van der Waals surface area contributed by atoms with Gasteiger partial charge in [-0.15, -0.1) is 0 Å². The van der Waals surface area contributed by atoms with Crippen molar-refractivity contribution in [1.82, 2.24) is 14.3 Å². The highest BCUT2D eigenvalue weighted by Crippen LogP contribution is 2.17. The second-order valence-corrected chi connectivity index (χ2v) is 6.90. The number of carbonyl (C=O) groups is 1. The van der Waals surface area contributed by atoms with Crippen LogP contribution in [0.4, 0.5) is 0 Å². The third kappa shape index (κ3) is 3.74. The van der Waals surface area contributed by atoms with Crippen LogP contribution in [-0.4, -0.2) is 22.0 Å². The van der Waals surface area contributed by atoms with Gasteiger partial charge >= 0.3 is 0 Å². The van der Waals surface area contributed by atoms with Crippen molar-refractivity contribution in [3.8, 4) is 5.75 Å². The highest BCUT2D eigenvalue weighted by Gasteiger charge is 2.11. The molecule has 0 saturated carbocycles. The molecule has 29 heavy (non-hydrogen) atoms. The lowest BCUT2D eigenvalue weighted by atomic mass is 10.2. The van der Waals surface area contributed by atoms with Crippen LogP contribution in [-0.2, 0) is 17.9 Å². The summed E-state index contributed by atoms with van der Waals surface area (Å²) in [4.78, 5) is 25.2. The van der Waals surface area contributed by atoms with E-state index in [0.29, 0.717) is 31.4 Å². The number of aromatic nitrogens is 2. The Hall–Kier alpha value is -3.54. The molecule has 0 saturated heterocycles. The number of rotatable bonds is 7. The van der Waals surface area contributed by atoms with Gasteiger partial charge < -0.3 is 19.0 Å². The van der Waals surface area contributed by atoms with Crippen LogP contribution in [0.5, 0.6) is 5.75 Å². The van der Waals surface area contributed by atoms with Gasteiger partial charge in [0.05, 0.1) is 18.1 Å². The van der Waals surface area contributed by atoms with Crippen molar-refractivity contribution in [2.45, 2.75) is 25.9 Å². The number of fused-ring (bicyclic) bond motifs is 3. The van der Waals surface area contributed by atoms with Gasteiger partial charge in [0.1, 0.15) is 11.3 Å². The van der Waals surface area contributed by atoms with Crippen LogP contribution < -0.4 is 15.6 Å². The maximum atomic E-state index is 12.9. The second kappa shape index (κ2) is 8.22. The zero-order valence-electron chi connectivity index (χ0n) is 16.3. The predicted molar refractivity (Wildman–Crippen MR) is 113 cm³/mol. The Kier molecular flexibility index (Phi) is 5.33. The zero-order chi connectivity index (χ0) is 20.2. The van der Waals surface area contributed by atoms with Crippen molar-refractivity contribution in [2.75, 3.05) is 7.11 Å². The first-order valence-electron chi connectivity index (χ1n) is 9.66. The van der Waals surface area contributed by atoms with Crippen LogP contribution in [0.3, 0.4) is 0 Å². The van der Waals surface area contributed by atoms with Gasteiger partial charge in [-0.25, -0.2) is 0 Å². The Bertz CT molecular complexity index is 1220. The van der Waals surface area contributed by atoms with Crippen LogP contribution in [0, 0.1) is 0 Å². The average molecular weight is 389 g/mol. The van der Waals surface area contributed by atoms with Gasteiger partial charge in [0.15, 0.2) is 0 Å². The first-order valence-corrected chi connectivity index (χ1v) is 9.66. The quantitative estimate of drug-likeness (QED) is 0.527. The van der Waals surface area contributed by atoms with E-state index in [1.165, 1.54) is 0 Å². The molecule has 0 spiro atoms. The monoisotopic (exact) mass is 389 g/mol. The van der Waals surface area contributed by atoms with E-state index in [4.69, 9.17) is 4.74 Å². The minimum atomic E-state index is -0.0444. The Morgan fingerprint density at radius 1 is 0.966 bits per heavy atom. The van der Waals surface area contributed by atoms with Gasteiger partial charge in [-0.05, 0) is 36.8 Å². The molecular formula is C23H23N3O3. The summed E-state index contributed by atoms with van der Waals surface area (Å²) in [5.74, 6) is 0.711. The minimum Gasteiger partial charge on any atom is -0.496 e. The average Bonchev–Trinajstić information content (AvgIpc) is 3.25. The molecule has 0 aliphatic rings. The predicted octanol–water partition coefficient (Wildman–Crippen LogP) is 3.36. The number of ether oxygens (including phenoxy) is 1. The van der Waals surface area contributed by atoms with E-state index in [1.807, 2.05) is 71.3 Å². The van der Waals surface area contributed by atoms with Gasteiger partial charge in [-0.1, -0.05) is 30.3 Å². The summed E-state index contributed by atoms with van der Waals surface area (Å²) >= 11 is 0. The lowest BCUT2D eigenvalue weighted by molar-refractivity contribution is -0.121. The third-order valence-corrected chi connectivity index (χ3v) is 5.10. The van der Waals surface area contributed by atoms with Crippen LogP contribution >= 0.6 is 0 Å². The molecule has 0 radical (unpaired) electrons. The Morgan fingerprint density at radius 2 is 1.69 bits per heavy atom. The number of hydrogen-bond acceptors (Lipinski definition) is 3. The van der Waals surface area contributed by atoms with Crippen molar-refractivity contribution in [3.05, 3.63) is 82.8 Å². The van der Waals surface area contributed by atoms with E-state index >= 15 is 0 Å². The number of benzene rings is 2. The highest BCUT2D eigenvalue weighted by atomic mass is 16.5. The largest absolute Gasteiger partial charge is 0.496 e. The summed E-state index contributed by atoms with van der Waals surface area (Å²) in [6.45, 7) is 0.908. The molecule has 0 aliphatic heterocycles. The molecule has 4 aromatic rings. The van der Waals surface area contributed by atoms with Gasteiger partial charge in [0.25, 0.3) is 5.56 Å². The van der Waals surface area contributed by atoms with E-state index < -0.39 is 0 Å². The number of methoxy groups -OCH3 is 1. The molecule has 0 aliphatic carbocycles. The third-order valence-electron chi connectivity index (χ3n) is 5.10. The molecule has 4 rings (SSSR count). The number of amides is 1. The Labute approximate surface area is 168 Å². The molecule has 6 heteroatoms. The lowest BCUT2D eigenvalue weighted by Gasteiger charge is -2.13. The summed E-state index contributed by atoms with van der Waals surface area (Å²) in [6, 6.07) is 19.1. The maximum absolute atomic E-state index is 12.9. The van der Waals surface area contributed by atoms with Crippen molar-refractivity contribution in [1.29, 1.82) is 0 Å². The second-order valence-electron chi connectivity index (χ2n) is 6.90. The number of para-hydroxylation sites is 3. The first kappa shape index (κ1) is 18.8. The molecule has 0 bridgehead atoms. The van der Waals surface area contributed by atoms with Gasteiger partial charge in [-0.2, -0.15) is 0 Å². The minimum absolute atomic E-state index is 0.0388. The maximum Gasteiger partial charge on any atom is 0.275 e. The molecule has 148 valence electrons. The van der Waals surface area contributed by atoms with Crippen molar-refractivity contribution in [2.24, 2.45) is 0 Å². The topological polar surface area (TPSA) is 64.7 Å². The molecule has 6 nitrogen and oxygen atoms in total. The van der Waals surface area contributed by atoms with Crippen LogP contribution in [0.2, 0.25) is 0 Å². The van der Waals surface area contributed by atoms with Crippen molar-refractivity contribution >= 4 is 22.5 Å². The number of aryl methyl sites for hydroxylation is 1. The summed E-state index contributed by atoms with van der Waals surface area (Å²) < 4.78 is 8.98. The zero-order valence-corrected chi connectivity index (χ0v) is 16.3. The fraction of sp³-hybridized carbons (Fsp3) is 0.217. The molecule has 2 aromatic carbocycles. The number of hydrogen-bond donors (Lipinski definition) is 1. The molecule has 1 N–H and O–H groups in total. The van der Waals surface area contributed by atoms with Crippen molar-refractivity contribution < 1.29 is 9.53 Å². The first-order chi connectivity index (χ1) is 14.2. The summed E-state index contributed by atoms with van der Waals surface area (Å²) in [6.07, 6.45) is 2.83. The number of nitrogens with zero attached hydrogens (tertiary/aromatic N) is 2. The van der Waals surface area contributed by atoms with E-state index in [0.717, 1.165) is 22.3 Å². The Morgan fingerprint density at radius 3 is 2.52 bits per heavy atom. The van der Waals surface area contributed by atoms with E-state index in [-0.39, 0.29) is 11.5 Å². The molecule has 0 atom stereocenters. The van der Waals surface area contributed by atoms with E-state index in [9.17, 15) is 9.59 Å². The van der Waals surface area contributed by atoms with Crippen LogP contribution in [0.1, 0.15) is 18.4 Å². The molecule has 1 amide bonds. The SMILES string of the molecule is COc1ccccc1CNC(=O)CCCn1c(=O)c2cccn2c2ccccc21. The fourth-order valence-corrected chi connectivity index (χ4v) is 3.66. The summed E-state index contributed by atoms with van der Waals surface area (Å²) in [5.41, 5.74) is 3.39. The van der Waals surface area contributed by atoms with Crippen molar-refractivity contribution in [3.63, 3.8) is 0 Å². The standard InChI is InChI=1S/C23H23N3O3/c1-29-21-12-5-2-8-17(21)16-24-22(27)13-7-15-26-19-10-4-3-9-18(19)25-14-6-11-20(25)23(26)28/h2-6,8-12,14H,7,13,15-16H2,1H3,(H,24,27). The molecule has 2 heterocycles. The van der Waals surface area contributed by atoms with Crippen LogP contribution in [0.25, 0.3) is 16.6 Å². The lowest BCUT2D eigenvalue weighted by Crippen LogP contribution is -2.25. The van der Waals surface area contributed by atoms with E-state index in [2.05, 4.69) is 5.32 Å². The van der Waals surface area contributed by atoms with Gasteiger partial charge in [0, 0.05) is 31.3 Å². The highest BCUT2D eigenvalue weighted by molar-refractivity contribution is 5.79. The molecule has 0 unspecified atom stereocenters. The molecule has 0 fully saturated rings. The van der Waals surface area contributed by atoms with Gasteiger partial charge in [-0.3, -0.25) is 9.59 Å². The smallest absolute Gasteiger partial charge is 0.275 e. The number of carbonyl (C=O) groups excluding carboxylic acids is 1. The summed E-state index contributed by atoms with van der Waals surface area (Å²) in [5, 5.41) is 2.93. The number of nitrogens with one attached hydrogen (secondary N) is 1. The fourth-order valence-electron chi connectivity index (χ4n) is 3.66. The summed E-state index contributed by atoms with van der Waals surface area (Å²) in [7, 11) is 1.62. The van der Waals surface area contributed by atoms with E-state index in [1.54, 1.807) is 11.7 Å². The normalized spacial score (nSPS) is 11.1.